The third-order valence-electron chi connectivity index (χ3n) is 5.71. The largest absolute Gasteiger partial charge is 0.486 e. The highest BCUT2D eigenvalue weighted by Crippen LogP contribution is 2.34. The second-order valence-electron chi connectivity index (χ2n) is 7.68. The van der Waals surface area contributed by atoms with Crippen LogP contribution in [0.3, 0.4) is 0 Å². The second kappa shape index (κ2) is 7.23. The molecule has 0 radical (unpaired) electrons. The third kappa shape index (κ3) is 3.00. The fourth-order valence-corrected chi connectivity index (χ4v) is 5.74. The first-order valence-corrected chi connectivity index (χ1v) is 11.5. The van der Waals surface area contributed by atoms with Gasteiger partial charge in [-0.15, -0.1) is 0 Å². The van der Waals surface area contributed by atoms with E-state index < -0.39 is 28.3 Å². The molecule has 0 atom stereocenters. The van der Waals surface area contributed by atoms with Crippen LogP contribution in [-0.2, 0) is 10.0 Å². The molecule has 2 aliphatic heterocycles. The first kappa shape index (κ1) is 20.3. The van der Waals surface area contributed by atoms with Crippen LogP contribution in [0.4, 0.5) is 0 Å². The van der Waals surface area contributed by atoms with Crippen LogP contribution in [0.2, 0.25) is 0 Å². The van der Waals surface area contributed by atoms with Crippen LogP contribution >= 0.6 is 0 Å². The van der Waals surface area contributed by atoms with Gasteiger partial charge in [-0.3, -0.25) is 9.59 Å². The Kier molecular flexibility index (Phi) is 4.59. The Labute approximate surface area is 185 Å². The number of amides is 1. The van der Waals surface area contributed by atoms with E-state index in [1.807, 2.05) is 29.7 Å². The fourth-order valence-electron chi connectivity index (χ4n) is 4.22. The van der Waals surface area contributed by atoms with Gasteiger partial charge in [0.15, 0.2) is 17.3 Å². The average molecular weight is 452 g/mol. The number of rotatable bonds is 4. The standard InChI is InChI=1S/C23H20N2O6S/c1-14-11-18(15(2)25(14)16-7-8-20-21(12-16)31-10-9-30-20)19(26)13-24-23(27)17-5-3-4-6-22(17)32(24,28)29/h3-8,11-12H,9-10,13H2,1-2H3. The minimum Gasteiger partial charge on any atom is -0.486 e. The molecule has 9 heteroatoms. The zero-order chi connectivity index (χ0) is 22.6. The van der Waals surface area contributed by atoms with Crippen molar-refractivity contribution in [2.75, 3.05) is 19.8 Å². The fraction of sp³-hybridized carbons (Fsp3) is 0.217. The summed E-state index contributed by atoms with van der Waals surface area (Å²) in [5.74, 6) is 0.151. The number of carbonyl (C=O) groups excluding carboxylic acids is 2. The molecule has 2 aromatic carbocycles. The van der Waals surface area contributed by atoms with Crippen molar-refractivity contribution >= 4 is 21.7 Å². The third-order valence-corrected chi connectivity index (χ3v) is 7.50. The van der Waals surface area contributed by atoms with Crippen LogP contribution in [0.5, 0.6) is 11.5 Å². The van der Waals surface area contributed by atoms with E-state index in [0.29, 0.717) is 40.3 Å². The monoisotopic (exact) mass is 452 g/mol. The van der Waals surface area contributed by atoms with Crippen molar-refractivity contribution in [3.63, 3.8) is 0 Å². The molecule has 164 valence electrons. The van der Waals surface area contributed by atoms with Crippen LogP contribution in [0.15, 0.2) is 53.4 Å². The lowest BCUT2D eigenvalue weighted by Gasteiger charge is -2.20. The Morgan fingerprint density at radius 1 is 1.00 bits per heavy atom. The number of aryl methyl sites for hydroxylation is 1. The van der Waals surface area contributed by atoms with Crippen LogP contribution in [0, 0.1) is 13.8 Å². The van der Waals surface area contributed by atoms with Gasteiger partial charge in [0, 0.05) is 28.7 Å². The molecular formula is C23H20N2O6S. The van der Waals surface area contributed by atoms with Crippen molar-refractivity contribution in [2.45, 2.75) is 18.7 Å². The summed E-state index contributed by atoms with van der Waals surface area (Å²) in [6.07, 6.45) is 0. The molecule has 3 aromatic rings. The minimum atomic E-state index is -4.05. The van der Waals surface area contributed by atoms with Crippen molar-refractivity contribution < 1.29 is 27.5 Å². The molecule has 5 rings (SSSR count). The molecular weight excluding hydrogens is 432 g/mol. The molecule has 0 spiro atoms. The van der Waals surface area contributed by atoms with E-state index in [1.54, 1.807) is 25.1 Å². The molecule has 0 bridgehead atoms. The van der Waals surface area contributed by atoms with Crippen LogP contribution in [-0.4, -0.2) is 48.7 Å². The molecule has 8 nitrogen and oxygen atoms in total. The number of Topliss-reactive ketones (excluding diaryl/α,β-unsaturated/α-hetero) is 1. The lowest BCUT2D eigenvalue weighted by molar-refractivity contribution is 0.0820. The van der Waals surface area contributed by atoms with Crippen molar-refractivity contribution in [3.05, 3.63) is 71.0 Å². The molecule has 0 saturated heterocycles. The molecule has 1 amide bonds. The Balaban J connectivity index is 1.47. The van der Waals surface area contributed by atoms with Crippen molar-refractivity contribution in [1.82, 2.24) is 8.87 Å². The number of benzene rings is 2. The minimum absolute atomic E-state index is 0.0699. The number of ether oxygens (including phenoxy) is 2. The lowest BCUT2D eigenvalue weighted by atomic mass is 10.1. The number of aromatic nitrogens is 1. The quantitative estimate of drug-likeness (QED) is 0.565. The predicted molar refractivity (Wildman–Crippen MR) is 115 cm³/mol. The number of sulfonamides is 1. The zero-order valence-electron chi connectivity index (χ0n) is 17.5. The van der Waals surface area contributed by atoms with Gasteiger partial charge < -0.3 is 14.0 Å². The highest BCUT2D eigenvalue weighted by Gasteiger charge is 2.42. The lowest BCUT2D eigenvalue weighted by Crippen LogP contribution is -2.35. The molecule has 3 heterocycles. The number of fused-ring (bicyclic) bond motifs is 2. The topological polar surface area (TPSA) is 94.9 Å². The SMILES string of the molecule is Cc1cc(C(=O)CN2C(=O)c3ccccc3S2(=O)=O)c(C)n1-c1ccc2c(c1)OCCO2. The van der Waals surface area contributed by atoms with Gasteiger partial charge in [0.05, 0.1) is 5.56 Å². The van der Waals surface area contributed by atoms with Gasteiger partial charge >= 0.3 is 0 Å². The summed E-state index contributed by atoms with van der Waals surface area (Å²) in [5.41, 5.74) is 2.67. The second-order valence-corrected chi connectivity index (χ2v) is 9.52. The molecule has 0 unspecified atom stereocenters. The summed E-state index contributed by atoms with van der Waals surface area (Å²) in [6, 6.07) is 13.2. The smallest absolute Gasteiger partial charge is 0.269 e. The average Bonchev–Trinajstić information content (AvgIpc) is 3.19. The van der Waals surface area contributed by atoms with E-state index >= 15 is 0 Å². The Morgan fingerprint density at radius 3 is 2.47 bits per heavy atom. The molecule has 2 aliphatic rings. The number of ketones is 1. The number of carbonyl (C=O) groups is 2. The normalized spacial score (nSPS) is 16.2. The first-order valence-electron chi connectivity index (χ1n) is 10.1. The Morgan fingerprint density at radius 2 is 1.72 bits per heavy atom. The van der Waals surface area contributed by atoms with Gasteiger partial charge in [-0.2, -0.15) is 0 Å². The summed E-state index contributed by atoms with van der Waals surface area (Å²) < 4.78 is 39.4. The van der Waals surface area contributed by atoms with Gasteiger partial charge in [-0.25, -0.2) is 12.7 Å². The molecule has 1 aromatic heterocycles. The van der Waals surface area contributed by atoms with Gasteiger partial charge in [0.25, 0.3) is 15.9 Å². The Hall–Kier alpha value is -3.59. The van der Waals surface area contributed by atoms with Crippen LogP contribution in [0.1, 0.15) is 32.1 Å². The van der Waals surface area contributed by atoms with E-state index in [4.69, 9.17) is 9.47 Å². The Bertz CT molecular complexity index is 1390. The van der Waals surface area contributed by atoms with Crippen LogP contribution in [0.25, 0.3) is 5.69 Å². The highest BCUT2D eigenvalue weighted by molar-refractivity contribution is 7.90. The van der Waals surface area contributed by atoms with Crippen molar-refractivity contribution in [3.8, 4) is 17.2 Å². The molecule has 0 saturated carbocycles. The summed E-state index contributed by atoms with van der Waals surface area (Å²) in [5, 5.41) is 0. The van der Waals surface area contributed by atoms with E-state index in [1.165, 1.54) is 12.1 Å². The van der Waals surface area contributed by atoms with Gasteiger partial charge in [-0.1, -0.05) is 12.1 Å². The van der Waals surface area contributed by atoms with Gasteiger partial charge in [-0.05, 0) is 44.2 Å². The summed E-state index contributed by atoms with van der Waals surface area (Å²) in [7, 11) is -4.05. The summed E-state index contributed by atoms with van der Waals surface area (Å²) in [4.78, 5) is 25.7. The van der Waals surface area contributed by atoms with Gasteiger partial charge in [0.1, 0.15) is 24.7 Å². The van der Waals surface area contributed by atoms with E-state index in [0.717, 1.165) is 11.4 Å². The molecule has 32 heavy (non-hydrogen) atoms. The maximum Gasteiger partial charge on any atom is 0.269 e. The van der Waals surface area contributed by atoms with E-state index in [9.17, 15) is 18.0 Å². The predicted octanol–water partition coefficient (Wildman–Crippen LogP) is 2.89. The first-order chi connectivity index (χ1) is 15.3. The number of hydrogen-bond acceptors (Lipinski definition) is 6. The van der Waals surface area contributed by atoms with E-state index in [-0.39, 0.29) is 10.5 Å². The number of nitrogens with zero attached hydrogens (tertiary/aromatic N) is 2. The summed E-state index contributed by atoms with van der Waals surface area (Å²) in [6.45, 7) is 4.04. The molecule has 0 fully saturated rings. The van der Waals surface area contributed by atoms with Crippen molar-refractivity contribution in [1.29, 1.82) is 0 Å². The maximum absolute atomic E-state index is 13.1. The van der Waals surface area contributed by atoms with Crippen LogP contribution < -0.4 is 9.47 Å². The van der Waals surface area contributed by atoms with Gasteiger partial charge in [0.2, 0.25) is 0 Å². The zero-order valence-corrected chi connectivity index (χ0v) is 18.3. The number of hydrogen-bond donors (Lipinski definition) is 0. The maximum atomic E-state index is 13.1. The van der Waals surface area contributed by atoms with Crippen molar-refractivity contribution in [2.24, 2.45) is 0 Å². The molecule has 0 N–H and O–H groups in total. The van der Waals surface area contributed by atoms with E-state index in [2.05, 4.69) is 0 Å². The highest BCUT2D eigenvalue weighted by atomic mass is 32.2. The molecule has 0 aliphatic carbocycles. The summed E-state index contributed by atoms with van der Waals surface area (Å²) >= 11 is 0.